The highest BCUT2D eigenvalue weighted by atomic mass is 16.7. The fraction of sp³-hybridized carbons (Fsp3) is 0.600. The molecule has 12 rings (SSSR count). The first kappa shape index (κ1) is 31.8. The summed E-state index contributed by atoms with van der Waals surface area (Å²) >= 11 is 0. The topological polar surface area (TPSA) is 73.8 Å². The van der Waals surface area contributed by atoms with Gasteiger partial charge in [0.25, 0.3) is 0 Å². The van der Waals surface area contributed by atoms with Crippen LogP contribution in [0.2, 0.25) is 0 Å². The van der Waals surface area contributed by atoms with E-state index >= 15 is 0 Å². The highest BCUT2D eigenvalue weighted by molar-refractivity contribution is 6.64. The van der Waals surface area contributed by atoms with Crippen molar-refractivity contribution in [3.05, 3.63) is 60.7 Å². The summed E-state index contributed by atoms with van der Waals surface area (Å²) in [6, 6.07) is 12.3. The molecule has 2 aromatic rings. The van der Waals surface area contributed by atoms with Crippen molar-refractivity contribution >= 4 is 25.2 Å². The minimum atomic E-state index is -0.493. The molecule has 8 atom stereocenters. The van der Waals surface area contributed by atoms with Crippen molar-refractivity contribution in [1.29, 1.82) is 0 Å². The van der Waals surface area contributed by atoms with Gasteiger partial charge < -0.3 is 37.6 Å². The Labute approximate surface area is 296 Å². The molecule has 6 fully saturated rings. The lowest BCUT2D eigenvalue weighted by Gasteiger charge is -2.43. The van der Waals surface area contributed by atoms with E-state index in [-0.39, 0.29) is 24.4 Å². The molecular formula is C40H48B2O8. The Morgan fingerprint density at radius 1 is 0.420 bits per heavy atom. The van der Waals surface area contributed by atoms with Gasteiger partial charge in [-0.3, -0.25) is 0 Å². The lowest BCUT2D eigenvalue weighted by atomic mass is 9.67. The highest BCUT2D eigenvalue weighted by Crippen LogP contribution is 2.70. The van der Waals surface area contributed by atoms with Gasteiger partial charge in [-0.15, -0.1) is 0 Å². The van der Waals surface area contributed by atoms with E-state index in [0.29, 0.717) is 61.9 Å². The first-order valence-corrected chi connectivity index (χ1v) is 19.5. The van der Waals surface area contributed by atoms with Gasteiger partial charge in [0.2, 0.25) is 0 Å². The summed E-state index contributed by atoms with van der Waals surface area (Å²) < 4.78 is 53.9. The average molecular weight is 678 g/mol. The molecule has 10 heteroatoms. The van der Waals surface area contributed by atoms with Crippen molar-refractivity contribution in [2.75, 3.05) is 26.4 Å². The maximum absolute atomic E-state index is 6.99. The zero-order valence-electron chi connectivity index (χ0n) is 28.9. The van der Waals surface area contributed by atoms with Crippen molar-refractivity contribution in [3.8, 4) is 23.0 Å². The molecule has 8 nitrogen and oxygen atoms in total. The Morgan fingerprint density at radius 2 is 0.720 bits per heavy atom. The summed E-state index contributed by atoms with van der Waals surface area (Å²) in [4.78, 5) is 0. The fourth-order valence-corrected chi connectivity index (χ4v) is 11.1. The van der Waals surface area contributed by atoms with E-state index in [1.807, 2.05) is 12.1 Å². The van der Waals surface area contributed by atoms with E-state index in [2.05, 4.69) is 48.6 Å². The first-order chi connectivity index (χ1) is 24.8. The number of ether oxygens (including phenoxy) is 4. The second kappa shape index (κ2) is 13.6. The van der Waals surface area contributed by atoms with E-state index in [1.165, 1.54) is 12.8 Å². The van der Waals surface area contributed by atoms with Crippen LogP contribution in [0.15, 0.2) is 60.7 Å². The minimum Gasteiger partial charge on any atom is -0.494 e. The maximum Gasteiger partial charge on any atom is 0.502 e. The number of rotatable bonds is 0. The van der Waals surface area contributed by atoms with Gasteiger partial charge in [0.15, 0.2) is 0 Å². The Kier molecular flexibility index (Phi) is 8.63. The Hall–Kier alpha value is -2.91. The van der Waals surface area contributed by atoms with Crippen LogP contribution in [-0.4, -0.2) is 65.1 Å². The van der Waals surface area contributed by atoms with Crippen LogP contribution in [0.4, 0.5) is 0 Å². The summed E-state index contributed by atoms with van der Waals surface area (Å²) in [6.07, 6.45) is 19.2. The Morgan fingerprint density at radius 3 is 1.02 bits per heavy atom. The number of allylic oxidation sites excluding steroid dienone is 4. The van der Waals surface area contributed by atoms with Crippen molar-refractivity contribution in [2.45, 2.75) is 88.6 Å². The zero-order chi connectivity index (χ0) is 33.0. The molecule has 0 N–H and O–H groups in total. The molecule has 6 aliphatic heterocycles. The Bertz CT molecular complexity index is 1400. The van der Waals surface area contributed by atoms with Crippen LogP contribution in [0.3, 0.4) is 0 Å². The summed E-state index contributed by atoms with van der Waals surface area (Å²) in [5, 5.41) is 0. The van der Waals surface area contributed by atoms with Gasteiger partial charge >= 0.3 is 14.2 Å². The van der Waals surface area contributed by atoms with Gasteiger partial charge in [-0.1, -0.05) is 36.4 Å². The molecule has 0 spiro atoms. The third-order valence-corrected chi connectivity index (χ3v) is 12.9. The van der Waals surface area contributed by atoms with Gasteiger partial charge in [-0.05, 0) is 124 Å². The van der Waals surface area contributed by atoms with Crippen LogP contribution in [-0.2, 0) is 18.6 Å². The third kappa shape index (κ3) is 5.43. The number of hydrogen-bond acceptors (Lipinski definition) is 8. The molecule has 50 heavy (non-hydrogen) atoms. The van der Waals surface area contributed by atoms with E-state index in [1.54, 1.807) is 0 Å². The summed E-state index contributed by atoms with van der Waals surface area (Å²) in [7, 11) is -0.986. The normalized spacial score (nSPS) is 38.6. The molecule has 0 amide bonds. The van der Waals surface area contributed by atoms with E-state index in [4.69, 9.17) is 37.6 Å². The molecule has 0 radical (unpaired) electrons. The van der Waals surface area contributed by atoms with E-state index in [9.17, 15) is 0 Å². The Balaban J connectivity index is 1.02. The minimum absolute atomic E-state index is 0.0793. The largest absolute Gasteiger partial charge is 0.502 e. The molecule has 4 aliphatic carbocycles. The third-order valence-electron chi connectivity index (χ3n) is 12.9. The van der Waals surface area contributed by atoms with Crippen molar-refractivity contribution < 1.29 is 37.6 Å². The molecule has 0 aromatic heterocycles. The number of fused-ring (bicyclic) bond motifs is 16. The molecule has 10 aliphatic rings. The van der Waals surface area contributed by atoms with Crippen molar-refractivity contribution in [2.24, 2.45) is 35.5 Å². The number of benzene rings is 2. The molecule has 262 valence electrons. The van der Waals surface area contributed by atoms with E-state index < -0.39 is 14.2 Å². The highest BCUT2D eigenvalue weighted by Gasteiger charge is 2.74. The average Bonchev–Trinajstić information content (AvgIpc) is 3.96. The standard InChI is InChI=1S/C40H48B2O8/c1-2-6-10-20-44-30-16-14-18-32-36(30)42-49-39-27-24-28(40(39)50-42)34-26-23-25(33(27)34)37-38(26)48-41(47-37)35-29(43-19-9-5-1)15-13-17-31(35)45-21-11-7-3-4-8-12-22-46-32/h1-4,13-18,25-28,33-34,37-40H,5-12,19-24H2/b2-1-,4-3-/t25-,26+,27-,28+,33?,34?,37-,38+,39-,40+. The molecule has 2 aromatic carbocycles. The predicted molar refractivity (Wildman–Crippen MR) is 191 cm³/mol. The molecule has 12 bridgehead atoms. The summed E-state index contributed by atoms with van der Waals surface area (Å²) in [5.74, 6) is 6.26. The number of hydrogen-bond donors (Lipinski definition) is 0. The van der Waals surface area contributed by atoms with Gasteiger partial charge in [0.05, 0.1) is 61.8 Å². The predicted octanol–water partition coefficient (Wildman–Crippen LogP) is 5.65. The zero-order valence-corrected chi connectivity index (χ0v) is 28.9. The lowest BCUT2D eigenvalue weighted by molar-refractivity contribution is -0.0431. The second-order valence-electron chi connectivity index (χ2n) is 15.6. The monoisotopic (exact) mass is 678 g/mol. The van der Waals surface area contributed by atoms with E-state index in [0.717, 1.165) is 85.3 Å². The smallest absolute Gasteiger partial charge is 0.494 e. The van der Waals surface area contributed by atoms with Gasteiger partial charge in [0, 0.05) is 0 Å². The van der Waals surface area contributed by atoms with Crippen LogP contribution in [0.25, 0.3) is 0 Å². The SMILES string of the molecule is C1=C\CCCOc2cccc3c2B2O[C@@H]4[C@H](O2)[C@@H]2C[C@H]4C4C2[C@H]2C[C@@H]4[C@@H]4OB(O[C@@H]42)c2c(cccc2OCCC/C=C\CCCO3)OCCC/1. The molecule has 6 heterocycles. The maximum atomic E-state index is 6.99. The molecule has 4 saturated carbocycles. The van der Waals surface area contributed by atoms with Gasteiger partial charge in [-0.25, -0.2) is 0 Å². The lowest BCUT2D eigenvalue weighted by Crippen LogP contribution is -2.49. The van der Waals surface area contributed by atoms with Gasteiger partial charge in [0.1, 0.15) is 23.0 Å². The van der Waals surface area contributed by atoms with Crippen molar-refractivity contribution in [3.63, 3.8) is 0 Å². The van der Waals surface area contributed by atoms with Crippen LogP contribution in [0, 0.1) is 35.5 Å². The molecule has 0 unspecified atom stereocenters. The molecular weight excluding hydrogens is 630 g/mol. The van der Waals surface area contributed by atoms with Crippen LogP contribution < -0.4 is 29.9 Å². The van der Waals surface area contributed by atoms with Crippen LogP contribution in [0.5, 0.6) is 23.0 Å². The quantitative estimate of drug-likeness (QED) is 0.262. The van der Waals surface area contributed by atoms with Crippen LogP contribution >= 0.6 is 0 Å². The van der Waals surface area contributed by atoms with Gasteiger partial charge in [-0.2, -0.15) is 0 Å². The fourth-order valence-electron chi connectivity index (χ4n) is 11.1. The summed E-state index contributed by atoms with van der Waals surface area (Å²) in [6.45, 7) is 2.49. The summed E-state index contributed by atoms with van der Waals surface area (Å²) in [5.41, 5.74) is 1.83. The van der Waals surface area contributed by atoms with Crippen molar-refractivity contribution in [1.82, 2.24) is 0 Å². The molecule has 2 saturated heterocycles. The first-order valence-electron chi connectivity index (χ1n) is 19.5. The second-order valence-corrected chi connectivity index (χ2v) is 15.6. The van der Waals surface area contributed by atoms with Crippen LogP contribution in [0.1, 0.15) is 64.2 Å².